The van der Waals surface area contributed by atoms with E-state index in [1.807, 2.05) is 25.9 Å². The third-order valence-electron chi connectivity index (χ3n) is 4.84. The molecule has 2 rings (SSSR count). The molecule has 28 heavy (non-hydrogen) atoms. The summed E-state index contributed by atoms with van der Waals surface area (Å²) in [6.45, 7) is 3.83. The number of carbonyl (C=O) groups is 1. The Morgan fingerprint density at radius 3 is 2.57 bits per heavy atom. The lowest BCUT2D eigenvalue weighted by Gasteiger charge is -2.34. The summed E-state index contributed by atoms with van der Waals surface area (Å²) in [5, 5.41) is 0. The van der Waals surface area contributed by atoms with E-state index in [-0.39, 0.29) is 23.6 Å². The Kier molecular flexibility index (Phi) is 8.72. The molecule has 1 aliphatic rings. The summed E-state index contributed by atoms with van der Waals surface area (Å²) in [5.74, 6) is 0. The second-order valence-electron chi connectivity index (χ2n) is 7.49. The molecule has 158 valence electrons. The Morgan fingerprint density at radius 1 is 1.18 bits per heavy atom. The van der Waals surface area contributed by atoms with Crippen molar-refractivity contribution in [2.24, 2.45) is 0 Å². The van der Waals surface area contributed by atoms with E-state index < -0.39 is 10.1 Å². The third-order valence-corrected chi connectivity index (χ3v) is 6.16. The topological polar surface area (TPSA) is 76.2 Å². The van der Waals surface area contributed by atoms with Crippen molar-refractivity contribution in [1.82, 2.24) is 9.80 Å². The zero-order valence-electron chi connectivity index (χ0n) is 17.1. The van der Waals surface area contributed by atoms with E-state index in [9.17, 15) is 13.2 Å². The van der Waals surface area contributed by atoms with Gasteiger partial charge in [0.05, 0.1) is 18.1 Å². The molecule has 1 aromatic carbocycles. The third kappa shape index (κ3) is 7.07. The quantitative estimate of drug-likeness (QED) is 0.458. The predicted octanol–water partition coefficient (Wildman–Crippen LogP) is 3.03. The Hall–Kier alpha value is -1.64. The van der Waals surface area contributed by atoms with Crippen molar-refractivity contribution >= 4 is 16.2 Å². The van der Waals surface area contributed by atoms with Gasteiger partial charge < -0.3 is 14.5 Å². The van der Waals surface area contributed by atoms with Gasteiger partial charge in [-0.3, -0.25) is 4.18 Å². The van der Waals surface area contributed by atoms with Gasteiger partial charge in [-0.05, 0) is 65.3 Å². The first kappa shape index (κ1) is 22.6. The van der Waals surface area contributed by atoms with Gasteiger partial charge in [-0.1, -0.05) is 17.7 Å². The average Bonchev–Trinajstić information content (AvgIpc) is 2.65. The molecule has 0 aliphatic carbocycles. The fourth-order valence-corrected chi connectivity index (χ4v) is 4.15. The number of rotatable bonds is 9. The normalized spacial score (nSPS) is 17.7. The molecule has 1 amide bonds. The van der Waals surface area contributed by atoms with Crippen LogP contribution in [0.2, 0.25) is 0 Å². The second-order valence-corrected chi connectivity index (χ2v) is 9.11. The van der Waals surface area contributed by atoms with Gasteiger partial charge >= 0.3 is 6.09 Å². The van der Waals surface area contributed by atoms with Crippen LogP contribution in [0.25, 0.3) is 0 Å². The molecule has 0 aromatic heterocycles. The fourth-order valence-electron chi connectivity index (χ4n) is 3.23. The van der Waals surface area contributed by atoms with E-state index in [0.717, 1.165) is 37.8 Å². The summed E-state index contributed by atoms with van der Waals surface area (Å²) >= 11 is 0. The molecule has 1 unspecified atom stereocenters. The zero-order chi connectivity index (χ0) is 20.6. The molecule has 0 spiro atoms. The molecule has 1 atom stereocenters. The summed E-state index contributed by atoms with van der Waals surface area (Å²) in [4.78, 5) is 16.3. The minimum absolute atomic E-state index is 0.0469. The maximum atomic E-state index is 12.4. The first-order valence-corrected chi connectivity index (χ1v) is 11.2. The number of benzene rings is 1. The van der Waals surface area contributed by atoms with Gasteiger partial charge in [0.15, 0.2) is 0 Å². The van der Waals surface area contributed by atoms with E-state index in [1.165, 1.54) is 0 Å². The summed E-state index contributed by atoms with van der Waals surface area (Å²) in [5.41, 5.74) is 0.987. The highest BCUT2D eigenvalue weighted by Gasteiger charge is 2.28. The van der Waals surface area contributed by atoms with Crippen LogP contribution in [-0.4, -0.2) is 70.8 Å². The number of likely N-dealkylation sites (tertiary alicyclic amines) is 1. The van der Waals surface area contributed by atoms with Gasteiger partial charge in [0.2, 0.25) is 0 Å². The van der Waals surface area contributed by atoms with E-state index in [4.69, 9.17) is 8.92 Å². The average molecular weight is 413 g/mol. The molecule has 1 aliphatic heterocycles. The van der Waals surface area contributed by atoms with Crippen molar-refractivity contribution in [3.05, 3.63) is 29.8 Å². The van der Waals surface area contributed by atoms with E-state index >= 15 is 0 Å². The van der Waals surface area contributed by atoms with Crippen LogP contribution < -0.4 is 0 Å². The predicted molar refractivity (Wildman–Crippen MR) is 108 cm³/mol. The van der Waals surface area contributed by atoms with Crippen LogP contribution in [0.4, 0.5) is 4.79 Å². The van der Waals surface area contributed by atoms with Gasteiger partial charge in [0, 0.05) is 19.1 Å². The molecular weight excluding hydrogens is 380 g/mol. The van der Waals surface area contributed by atoms with Crippen molar-refractivity contribution in [3.63, 3.8) is 0 Å². The Balaban J connectivity index is 1.83. The molecule has 1 aromatic rings. The molecule has 8 heteroatoms. The maximum Gasteiger partial charge on any atom is 0.410 e. The second kappa shape index (κ2) is 10.8. The fraction of sp³-hybridized carbons (Fsp3) is 0.650. The Bertz CT molecular complexity index is 719. The smallest absolute Gasteiger partial charge is 0.410 e. The molecule has 0 bridgehead atoms. The highest BCUT2D eigenvalue weighted by Crippen LogP contribution is 2.22. The van der Waals surface area contributed by atoms with Crippen LogP contribution in [0.3, 0.4) is 0 Å². The number of aryl methyl sites for hydroxylation is 1. The number of carbonyl (C=O) groups excluding carboxylic acids is 1. The standard InChI is InChI=1S/C20H32N2O5S/c1-17-8-10-19(11-9-17)28(24,25)27-16-12-18-7-4-5-14-22(18)20(23)26-15-6-13-21(2)3/h8-11,18H,4-7,12-16H2,1-3H3. The molecule has 7 nitrogen and oxygen atoms in total. The number of nitrogens with zero attached hydrogens (tertiary/aromatic N) is 2. The van der Waals surface area contributed by atoms with Crippen LogP contribution >= 0.6 is 0 Å². The van der Waals surface area contributed by atoms with Crippen LogP contribution in [0.5, 0.6) is 0 Å². The number of ether oxygens (including phenoxy) is 1. The SMILES string of the molecule is Cc1ccc(S(=O)(=O)OCCC2CCCCN2C(=O)OCCCN(C)C)cc1. The van der Waals surface area contributed by atoms with Gasteiger partial charge in [0.25, 0.3) is 10.1 Å². The summed E-state index contributed by atoms with van der Waals surface area (Å²) in [7, 11) is 0.178. The maximum absolute atomic E-state index is 12.4. The van der Waals surface area contributed by atoms with Crippen molar-refractivity contribution in [3.8, 4) is 0 Å². The minimum Gasteiger partial charge on any atom is -0.449 e. The molecule has 0 saturated carbocycles. The zero-order valence-corrected chi connectivity index (χ0v) is 17.9. The van der Waals surface area contributed by atoms with E-state index in [0.29, 0.717) is 19.6 Å². The van der Waals surface area contributed by atoms with Crippen molar-refractivity contribution in [1.29, 1.82) is 0 Å². The first-order valence-electron chi connectivity index (χ1n) is 9.84. The van der Waals surface area contributed by atoms with Crippen molar-refractivity contribution in [2.75, 3.05) is 40.4 Å². The monoisotopic (exact) mass is 412 g/mol. The lowest BCUT2D eigenvalue weighted by Crippen LogP contribution is -2.44. The number of amides is 1. The van der Waals surface area contributed by atoms with Crippen LogP contribution in [0.1, 0.15) is 37.7 Å². The van der Waals surface area contributed by atoms with Crippen molar-refractivity contribution < 1.29 is 22.1 Å². The van der Waals surface area contributed by atoms with Gasteiger partial charge in [-0.2, -0.15) is 8.42 Å². The van der Waals surface area contributed by atoms with Crippen LogP contribution in [-0.2, 0) is 19.0 Å². The summed E-state index contributed by atoms with van der Waals surface area (Å²) in [6, 6.07) is 6.52. The van der Waals surface area contributed by atoms with Crippen LogP contribution in [0.15, 0.2) is 29.2 Å². The highest BCUT2D eigenvalue weighted by atomic mass is 32.2. The van der Waals surface area contributed by atoms with E-state index in [1.54, 1.807) is 29.2 Å². The molecule has 0 radical (unpaired) electrons. The van der Waals surface area contributed by atoms with E-state index in [2.05, 4.69) is 0 Å². The molecule has 1 heterocycles. The van der Waals surface area contributed by atoms with Gasteiger partial charge in [-0.25, -0.2) is 4.79 Å². The highest BCUT2D eigenvalue weighted by molar-refractivity contribution is 7.86. The van der Waals surface area contributed by atoms with Crippen LogP contribution in [0, 0.1) is 6.92 Å². The summed E-state index contributed by atoms with van der Waals surface area (Å²) in [6.07, 6.45) is 3.73. The molecular formula is C20H32N2O5S. The molecule has 1 saturated heterocycles. The van der Waals surface area contributed by atoms with Crippen molar-refractivity contribution in [2.45, 2.75) is 50.0 Å². The lowest BCUT2D eigenvalue weighted by atomic mass is 10.0. The lowest BCUT2D eigenvalue weighted by molar-refractivity contribution is 0.0654. The summed E-state index contributed by atoms with van der Waals surface area (Å²) < 4.78 is 35.2. The largest absolute Gasteiger partial charge is 0.449 e. The Morgan fingerprint density at radius 2 is 1.89 bits per heavy atom. The first-order chi connectivity index (χ1) is 13.3. The van der Waals surface area contributed by atoms with Gasteiger partial charge in [-0.15, -0.1) is 0 Å². The minimum atomic E-state index is -3.78. The Labute approximate surface area is 168 Å². The number of hydrogen-bond acceptors (Lipinski definition) is 6. The number of piperidine rings is 1. The van der Waals surface area contributed by atoms with Gasteiger partial charge in [0.1, 0.15) is 0 Å². The molecule has 0 N–H and O–H groups in total. The number of hydrogen-bond donors (Lipinski definition) is 0. The molecule has 1 fully saturated rings.